The summed E-state index contributed by atoms with van der Waals surface area (Å²) in [6.07, 6.45) is 0. The third kappa shape index (κ3) is 3.46. The molecule has 2 aromatic carbocycles. The van der Waals surface area contributed by atoms with Crippen LogP contribution in [0.2, 0.25) is 5.02 Å². The van der Waals surface area contributed by atoms with Crippen LogP contribution in [-0.2, 0) is 16.4 Å². The third-order valence-electron chi connectivity index (χ3n) is 4.66. The number of benzene rings is 2. The van der Waals surface area contributed by atoms with E-state index in [4.69, 9.17) is 17.3 Å². The smallest absolute Gasteiger partial charge is 0.212 e. The van der Waals surface area contributed by atoms with Crippen LogP contribution in [0, 0.1) is 22.7 Å². The van der Waals surface area contributed by atoms with Gasteiger partial charge in [0.2, 0.25) is 9.84 Å². The van der Waals surface area contributed by atoms with E-state index >= 15 is 0 Å². The molecule has 0 saturated heterocycles. The van der Waals surface area contributed by atoms with Crippen molar-refractivity contribution in [2.75, 3.05) is 5.73 Å². The lowest BCUT2D eigenvalue weighted by Gasteiger charge is -2.08. The predicted molar refractivity (Wildman–Crippen MR) is 114 cm³/mol. The second-order valence-electron chi connectivity index (χ2n) is 6.56. The average Bonchev–Trinajstić information content (AvgIpc) is 3.05. The second-order valence-corrected chi connectivity index (χ2v) is 8.88. The fraction of sp³-hybridized carbons (Fsp3) is 0.0476. The highest BCUT2D eigenvalue weighted by Gasteiger charge is 2.30. The molecule has 2 heterocycles. The van der Waals surface area contributed by atoms with Gasteiger partial charge < -0.3 is 10.3 Å². The van der Waals surface area contributed by atoms with E-state index < -0.39 is 9.84 Å². The van der Waals surface area contributed by atoms with Gasteiger partial charge in [-0.15, -0.1) is 0 Å². The number of fused-ring (bicyclic) bond motifs is 1. The number of nitrogen functional groups attached to an aromatic ring is 1. The van der Waals surface area contributed by atoms with Gasteiger partial charge >= 0.3 is 0 Å². The van der Waals surface area contributed by atoms with Crippen molar-refractivity contribution in [3.05, 3.63) is 76.6 Å². The fourth-order valence-electron chi connectivity index (χ4n) is 3.20. The minimum Gasteiger partial charge on any atom is -0.384 e. The highest BCUT2D eigenvalue weighted by molar-refractivity contribution is 7.92. The van der Waals surface area contributed by atoms with Crippen LogP contribution in [0.3, 0.4) is 0 Å². The lowest BCUT2D eigenvalue weighted by Crippen LogP contribution is -2.09. The summed E-state index contributed by atoms with van der Waals surface area (Å²) in [6, 6.07) is 18.3. The van der Waals surface area contributed by atoms with Crippen LogP contribution in [0.1, 0.15) is 17.0 Å². The number of anilines is 1. The van der Waals surface area contributed by atoms with Gasteiger partial charge in [0.15, 0.2) is 17.0 Å². The van der Waals surface area contributed by atoms with Crippen LogP contribution in [-0.4, -0.2) is 23.0 Å². The van der Waals surface area contributed by atoms with Gasteiger partial charge in [0.05, 0.1) is 11.4 Å². The Kier molecular flexibility index (Phi) is 5.07. The van der Waals surface area contributed by atoms with Crippen molar-refractivity contribution in [3.63, 3.8) is 0 Å². The summed E-state index contributed by atoms with van der Waals surface area (Å²) < 4.78 is 28.3. The average molecular weight is 449 g/mol. The summed E-state index contributed by atoms with van der Waals surface area (Å²) in [7, 11) is -4.08. The van der Waals surface area contributed by atoms with E-state index in [1.54, 1.807) is 48.5 Å². The van der Waals surface area contributed by atoms with Crippen molar-refractivity contribution >= 4 is 38.4 Å². The van der Waals surface area contributed by atoms with Crippen molar-refractivity contribution < 1.29 is 8.42 Å². The molecule has 8 nitrogen and oxygen atoms in total. The predicted octanol–water partition coefficient (Wildman–Crippen LogP) is 3.29. The molecule has 0 amide bonds. The zero-order valence-electron chi connectivity index (χ0n) is 15.8. The number of hydrogen-bond donors (Lipinski definition) is 1. The molecule has 0 bridgehead atoms. The molecule has 152 valence electrons. The number of nitriles is 2. The Morgan fingerprint density at radius 2 is 1.58 bits per heavy atom. The number of hydrogen-bond acceptors (Lipinski definition) is 7. The van der Waals surface area contributed by atoms with Crippen molar-refractivity contribution in [3.8, 4) is 12.1 Å². The van der Waals surface area contributed by atoms with E-state index in [-0.39, 0.29) is 44.7 Å². The molecular formula is C21H13ClN6O2S. The van der Waals surface area contributed by atoms with E-state index in [1.165, 1.54) is 16.7 Å². The molecule has 31 heavy (non-hydrogen) atoms. The van der Waals surface area contributed by atoms with E-state index in [1.807, 2.05) is 6.07 Å². The molecule has 10 heteroatoms. The van der Waals surface area contributed by atoms with Crippen LogP contribution >= 0.6 is 11.6 Å². The maximum absolute atomic E-state index is 13.4. The van der Waals surface area contributed by atoms with Gasteiger partial charge in [-0.1, -0.05) is 41.9 Å². The van der Waals surface area contributed by atoms with Gasteiger partial charge in [-0.25, -0.2) is 18.4 Å². The first-order valence-corrected chi connectivity index (χ1v) is 10.8. The molecule has 0 atom stereocenters. The summed E-state index contributed by atoms with van der Waals surface area (Å²) in [5.74, 6) is -0.0900. The minimum absolute atomic E-state index is 0.0249. The Balaban J connectivity index is 2.04. The molecule has 0 aliphatic heterocycles. The van der Waals surface area contributed by atoms with Crippen molar-refractivity contribution in [1.29, 1.82) is 10.5 Å². The maximum Gasteiger partial charge on any atom is 0.212 e. The molecule has 0 aliphatic carbocycles. The molecule has 0 radical (unpaired) electrons. The van der Waals surface area contributed by atoms with Crippen LogP contribution < -0.4 is 5.73 Å². The van der Waals surface area contributed by atoms with Gasteiger partial charge in [-0.05, 0) is 29.8 Å². The topological polar surface area (TPSA) is 138 Å². The maximum atomic E-state index is 13.4. The Bertz CT molecular complexity index is 1500. The SMILES string of the molecule is N#Cc1nc2c(S(=O)(=O)c3ccccc3)c(N)n(Cc3ccc(Cl)cc3)c2nc1C#N. The van der Waals surface area contributed by atoms with Gasteiger partial charge in [0, 0.05) is 5.02 Å². The van der Waals surface area contributed by atoms with Crippen LogP contribution in [0.25, 0.3) is 11.2 Å². The number of sulfone groups is 1. The molecule has 0 saturated carbocycles. The summed E-state index contributed by atoms with van der Waals surface area (Å²) in [4.78, 5) is 8.13. The summed E-state index contributed by atoms with van der Waals surface area (Å²) in [5.41, 5.74) is 6.63. The Morgan fingerprint density at radius 3 is 2.19 bits per heavy atom. The number of nitrogens with zero attached hydrogens (tertiary/aromatic N) is 5. The number of rotatable bonds is 4. The van der Waals surface area contributed by atoms with Gasteiger partial charge in [-0.2, -0.15) is 10.5 Å². The zero-order valence-corrected chi connectivity index (χ0v) is 17.4. The molecule has 4 aromatic rings. The first-order chi connectivity index (χ1) is 14.9. The molecule has 0 unspecified atom stereocenters. The van der Waals surface area contributed by atoms with Crippen LogP contribution in [0.15, 0.2) is 64.4 Å². The molecule has 4 rings (SSSR count). The van der Waals surface area contributed by atoms with Gasteiger partial charge in [0.1, 0.15) is 28.4 Å². The molecule has 0 spiro atoms. The lowest BCUT2D eigenvalue weighted by molar-refractivity contribution is 0.597. The molecule has 2 N–H and O–H groups in total. The summed E-state index contributed by atoms with van der Waals surface area (Å²) in [6.45, 7) is 0.162. The number of halogens is 1. The van der Waals surface area contributed by atoms with Crippen LogP contribution in [0.4, 0.5) is 5.82 Å². The fourth-order valence-corrected chi connectivity index (χ4v) is 4.85. The highest BCUT2D eigenvalue weighted by atomic mass is 35.5. The van der Waals surface area contributed by atoms with E-state index in [9.17, 15) is 18.9 Å². The van der Waals surface area contributed by atoms with E-state index in [2.05, 4.69) is 9.97 Å². The largest absolute Gasteiger partial charge is 0.384 e. The highest BCUT2D eigenvalue weighted by Crippen LogP contribution is 2.35. The third-order valence-corrected chi connectivity index (χ3v) is 6.74. The minimum atomic E-state index is -4.08. The standard InChI is InChI=1S/C21H13ClN6O2S/c22-14-8-6-13(7-9-14)12-28-20(25)19(31(29,30)15-4-2-1-3-5-15)18-21(28)27-17(11-24)16(10-23)26-18/h1-9H,12,25H2. The molecular weight excluding hydrogens is 436 g/mol. The van der Waals surface area contributed by atoms with Crippen molar-refractivity contribution in [1.82, 2.24) is 14.5 Å². The summed E-state index contributed by atoms with van der Waals surface area (Å²) in [5, 5.41) is 19.3. The van der Waals surface area contributed by atoms with Gasteiger partial charge in [0.25, 0.3) is 0 Å². The molecule has 0 aliphatic rings. The van der Waals surface area contributed by atoms with E-state index in [0.29, 0.717) is 5.02 Å². The Hall–Kier alpha value is -3.92. The second kappa shape index (κ2) is 7.73. The molecule has 2 aromatic heterocycles. The molecule has 0 fully saturated rings. The Labute approximate surface area is 182 Å². The summed E-state index contributed by atoms with van der Waals surface area (Å²) >= 11 is 5.95. The van der Waals surface area contributed by atoms with Crippen LogP contribution in [0.5, 0.6) is 0 Å². The quantitative estimate of drug-likeness (QED) is 0.505. The van der Waals surface area contributed by atoms with E-state index in [0.717, 1.165) is 5.56 Å². The number of nitrogens with two attached hydrogens (primary N) is 1. The Morgan fingerprint density at radius 1 is 0.968 bits per heavy atom. The normalized spacial score (nSPS) is 11.2. The van der Waals surface area contributed by atoms with Crippen molar-refractivity contribution in [2.45, 2.75) is 16.3 Å². The number of aromatic nitrogens is 3. The van der Waals surface area contributed by atoms with Gasteiger partial charge in [-0.3, -0.25) is 0 Å². The first kappa shape index (κ1) is 20.4. The first-order valence-electron chi connectivity index (χ1n) is 8.91. The lowest BCUT2D eigenvalue weighted by atomic mass is 10.2. The zero-order chi connectivity index (χ0) is 22.2. The monoisotopic (exact) mass is 448 g/mol. The van der Waals surface area contributed by atoms with Crippen molar-refractivity contribution in [2.24, 2.45) is 0 Å².